The number of aliphatic carboxylic acids is 1. The Labute approximate surface area is 119 Å². The average Bonchev–Trinajstić information content (AvgIpc) is 2.85. The van der Waals surface area contributed by atoms with Gasteiger partial charge in [-0.05, 0) is 20.0 Å². The molecule has 0 aromatic rings. The monoisotopic (exact) mass is 287 g/mol. The number of carbonyl (C=O) groups excluding carboxylic acids is 1. The molecule has 116 valence electrons. The SMILES string of the molecule is CCN(CC)CC(C)NC(=O)NC1(C(=O)O)CCOC1. The Balaban J connectivity index is 2.48. The molecule has 0 radical (unpaired) electrons. The summed E-state index contributed by atoms with van der Waals surface area (Å²) in [4.78, 5) is 25.4. The van der Waals surface area contributed by atoms with Crippen molar-refractivity contribution in [3.8, 4) is 0 Å². The molecule has 7 heteroatoms. The number of amides is 2. The number of urea groups is 1. The van der Waals surface area contributed by atoms with Crippen LogP contribution in [0.3, 0.4) is 0 Å². The first-order chi connectivity index (χ1) is 9.43. The number of nitrogens with zero attached hydrogens (tertiary/aromatic N) is 1. The van der Waals surface area contributed by atoms with Gasteiger partial charge in [0.05, 0.1) is 6.61 Å². The highest BCUT2D eigenvalue weighted by molar-refractivity contribution is 5.86. The lowest BCUT2D eigenvalue weighted by Gasteiger charge is -2.27. The van der Waals surface area contributed by atoms with E-state index in [4.69, 9.17) is 4.74 Å². The molecule has 20 heavy (non-hydrogen) atoms. The summed E-state index contributed by atoms with van der Waals surface area (Å²) < 4.78 is 5.10. The van der Waals surface area contributed by atoms with Crippen molar-refractivity contribution in [2.24, 2.45) is 0 Å². The maximum Gasteiger partial charge on any atom is 0.332 e. The molecule has 0 saturated carbocycles. The fraction of sp³-hybridized carbons (Fsp3) is 0.846. The van der Waals surface area contributed by atoms with Crippen molar-refractivity contribution in [1.82, 2.24) is 15.5 Å². The van der Waals surface area contributed by atoms with Gasteiger partial charge in [0.15, 0.2) is 5.54 Å². The van der Waals surface area contributed by atoms with Gasteiger partial charge in [-0.1, -0.05) is 13.8 Å². The molecule has 0 aliphatic carbocycles. The highest BCUT2D eigenvalue weighted by Crippen LogP contribution is 2.18. The summed E-state index contributed by atoms with van der Waals surface area (Å²) >= 11 is 0. The molecule has 1 heterocycles. The minimum atomic E-state index is -1.29. The quantitative estimate of drug-likeness (QED) is 0.625. The second-order valence-electron chi connectivity index (χ2n) is 5.18. The Morgan fingerprint density at radius 2 is 2.05 bits per heavy atom. The van der Waals surface area contributed by atoms with Crippen LogP contribution in [0.2, 0.25) is 0 Å². The van der Waals surface area contributed by atoms with Gasteiger partial charge in [-0.15, -0.1) is 0 Å². The molecular weight excluding hydrogens is 262 g/mol. The van der Waals surface area contributed by atoms with Crippen molar-refractivity contribution in [3.05, 3.63) is 0 Å². The molecule has 7 nitrogen and oxygen atoms in total. The van der Waals surface area contributed by atoms with Gasteiger partial charge in [-0.2, -0.15) is 0 Å². The van der Waals surface area contributed by atoms with Gasteiger partial charge in [-0.25, -0.2) is 9.59 Å². The molecule has 0 aromatic carbocycles. The Morgan fingerprint density at radius 1 is 1.40 bits per heavy atom. The predicted molar refractivity (Wildman–Crippen MR) is 74.7 cm³/mol. The Kier molecular flexibility index (Phi) is 6.22. The standard InChI is InChI=1S/C13H25N3O4/c1-4-16(5-2)8-10(3)14-12(19)15-13(11(17)18)6-7-20-9-13/h10H,4-9H2,1-3H3,(H,17,18)(H2,14,15,19). The molecule has 1 saturated heterocycles. The van der Waals surface area contributed by atoms with Crippen molar-refractivity contribution >= 4 is 12.0 Å². The van der Waals surface area contributed by atoms with Crippen LogP contribution in [-0.2, 0) is 9.53 Å². The van der Waals surface area contributed by atoms with E-state index < -0.39 is 17.5 Å². The minimum Gasteiger partial charge on any atom is -0.479 e. The van der Waals surface area contributed by atoms with Gasteiger partial charge >= 0.3 is 12.0 Å². The van der Waals surface area contributed by atoms with Crippen LogP contribution in [0.4, 0.5) is 4.79 Å². The normalized spacial score (nSPS) is 23.6. The first-order valence-electron chi connectivity index (χ1n) is 7.05. The summed E-state index contributed by atoms with van der Waals surface area (Å²) in [6, 6.07) is -0.513. The van der Waals surface area contributed by atoms with E-state index in [0.717, 1.165) is 19.6 Å². The summed E-state index contributed by atoms with van der Waals surface area (Å²) in [5.74, 6) is -1.05. The van der Waals surface area contributed by atoms with Crippen molar-refractivity contribution in [3.63, 3.8) is 0 Å². The summed E-state index contributed by atoms with van der Waals surface area (Å²) in [6.07, 6.45) is 0.292. The molecule has 1 aliphatic heterocycles. The molecule has 2 unspecified atom stereocenters. The zero-order valence-corrected chi connectivity index (χ0v) is 12.4. The maximum absolute atomic E-state index is 11.9. The fourth-order valence-corrected chi connectivity index (χ4v) is 2.28. The lowest BCUT2D eigenvalue weighted by Crippen LogP contribution is -2.59. The van der Waals surface area contributed by atoms with E-state index in [1.54, 1.807) is 0 Å². The van der Waals surface area contributed by atoms with Gasteiger partial charge in [0, 0.05) is 25.6 Å². The van der Waals surface area contributed by atoms with Crippen molar-refractivity contribution < 1.29 is 19.4 Å². The third kappa shape index (κ3) is 4.35. The minimum absolute atomic E-state index is 0.0141. The topological polar surface area (TPSA) is 90.9 Å². The van der Waals surface area contributed by atoms with E-state index in [1.165, 1.54) is 0 Å². The van der Waals surface area contributed by atoms with Gasteiger partial charge in [0.2, 0.25) is 0 Å². The van der Waals surface area contributed by atoms with Crippen LogP contribution in [-0.4, -0.2) is 66.4 Å². The van der Waals surface area contributed by atoms with Crippen LogP contribution >= 0.6 is 0 Å². The van der Waals surface area contributed by atoms with Crippen LogP contribution < -0.4 is 10.6 Å². The molecule has 2 atom stereocenters. The lowest BCUT2D eigenvalue weighted by atomic mass is 9.99. The number of rotatable bonds is 7. The molecule has 1 rings (SSSR count). The van der Waals surface area contributed by atoms with E-state index in [2.05, 4.69) is 29.4 Å². The van der Waals surface area contributed by atoms with E-state index in [9.17, 15) is 14.7 Å². The number of hydrogen-bond acceptors (Lipinski definition) is 4. The Morgan fingerprint density at radius 3 is 2.50 bits per heavy atom. The molecule has 2 amide bonds. The highest BCUT2D eigenvalue weighted by atomic mass is 16.5. The van der Waals surface area contributed by atoms with Crippen molar-refractivity contribution in [1.29, 1.82) is 0 Å². The van der Waals surface area contributed by atoms with Crippen molar-refractivity contribution in [2.75, 3.05) is 32.8 Å². The molecule has 0 aromatic heterocycles. The molecular formula is C13H25N3O4. The Bertz CT molecular complexity index is 339. The van der Waals surface area contributed by atoms with E-state index in [1.807, 2.05) is 6.92 Å². The summed E-state index contributed by atoms with van der Waals surface area (Å²) in [5, 5.41) is 14.6. The van der Waals surface area contributed by atoms with Crippen molar-refractivity contribution in [2.45, 2.75) is 38.8 Å². The molecule has 0 bridgehead atoms. The average molecular weight is 287 g/mol. The number of hydrogen-bond donors (Lipinski definition) is 3. The summed E-state index contributed by atoms with van der Waals surface area (Å²) in [7, 11) is 0. The number of carbonyl (C=O) groups is 2. The van der Waals surface area contributed by atoms with Crippen LogP contribution in [0.15, 0.2) is 0 Å². The van der Waals surface area contributed by atoms with Crippen LogP contribution in [0.25, 0.3) is 0 Å². The van der Waals surface area contributed by atoms with Gasteiger partial charge < -0.3 is 25.4 Å². The molecule has 1 aliphatic rings. The zero-order valence-electron chi connectivity index (χ0n) is 12.4. The van der Waals surface area contributed by atoms with Crippen LogP contribution in [0.5, 0.6) is 0 Å². The molecule has 0 spiro atoms. The van der Waals surface area contributed by atoms with Gasteiger partial charge in [0.25, 0.3) is 0 Å². The van der Waals surface area contributed by atoms with E-state index in [-0.39, 0.29) is 12.6 Å². The zero-order chi connectivity index (χ0) is 15.2. The maximum atomic E-state index is 11.9. The summed E-state index contributed by atoms with van der Waals surface area (Å²) in [6.45, 7) is 8.94. The first kappa shape index (κ1) is 16.7. The first-order valence-corrected chi connectivity index (χ1v) is 7.05. The second-order valence-corrected chi connectivity index (χ2v) is 5.18. The number of ether oxygens (including phenoxy) is 1. The van der Waals surface area contributed by atoms with E-state index in [0.29, 0.717) is 13.0 Å². The number of carboxylic acid groups (broad SMARTS) is 1. The largest absolute Gasteiger partial charge is 0.479 e. The summed E-state index contributed by atoms with van der Waals surface area (Å²) in [5.41, 5.74) is -1.29. The molecule has 1 fully saturated rings. The second kappa shape index (κ2) is 7.44. The third-order valence-electron chi connectivity index (χ3n) is 3.59. The lowest BCUT2D eigenvalue weighted by molar-refractivity contribution is -0.144. The predicted octanol–water partition coefficient (Wildman–Crippen LogP) is 0.260. The number of likely N-dealkylation sites (N-methyl/N-ethyl adjacent to an activating group) is 1. The van der Waals surface area contributed by atoms with Gasteiger partial charge in [0.1, 0.15) is 0 Å². The smallest absolute Gasteiger partial charge is 0.332 e. The van der Waals surface area contributed by atoms with Crippen LogP contribution in [0, 0.1) is 0 Å². The number of carboxylic acids is 1. The van der Waals surface area contributed by atoms with E-state index >= 15 is 0 Å². The third-order valence-corrected chi connectivity index (χ3v) is 3.59. The highest BCUT2D eigenvalue weighted by Gasteiger charge is 2.44. The fourth-order valence-electron chi connectivity index (χ4n) is 2.28. The molecule has 3 N–H and O–H groups in total. The Hall–Kier alpha value is -1.34. The van der Waals surface area contributed by atoms with Gasteiger partial charge in [-0.3, -0.25) is 0 Å². The van der Waals surface area contributed by atoms with Crippen LogP contribution in [0.1, 0.15) is 27.2 Å². The number of nitrogens with one attached hydrogen (secondary N) is 2.